The predicted octanol–water partition coefficient (Wildman–Crippen LogP) is 4.02. The summed E-state index contributed by atoms with van der Waals surface area (Å²) in [5, 5.41) is 9.37. The van der Waals surface area contributed by atoms with Crippen molar-refractivity contribution in [2.24, 2.45) is 11.7 Å². The number of carboxylic acid groups (broad SMARTS) is 1. The van der Waals surface area contributed by atoms with Crippen molar-refractivity contribution in [1.82, 2.24) is 9.80 Å². The molecule has 0 radical (unpaired) electrons. The van der Waals surface area contributed by atoms with E-state index in [9.17, 15) is 19.5 Å². The molecule has 2 aliphatic rings. The lowest BCUT2D eigenvalue weighted by Crippen LogP contribution is -2.54. The Bertz CT molecular complexity index is 782. The molecule has 34 heavy (non-hydrogen) atoms. The number of ether oxygens (including phenoxy) is 1. The first-order valence-corrected chi connectivity index (χ1v) is 12.5. The number of hydrogen-bond donors (Lipinski definition) is 2. The summed E-state index contributed by atoms with van der Waals surface area (Å²) in [5.74, 6) is -1.45. The van der Waals surface area contributed by atoms with E-state index in [4.69, 9.17) is 10.5 Å². The van der Waals surface area contributed by atoms with Gasteiger partial charge in [0.15, 0.2) is 0 Å². The summed E-state index contributed by atoms with van der Waals surface area (Å²) >= 11 is 0. The fourth-order valence-electron chi connectivity index (χ4n) is 4.54. The Morgan fingerprint density at radius 1 is 1.12 bits per heavy atom. The Balaban J connectivity index is 0.000000497. The van der Waals surface area contributed by atoms with E-state index in [2.05, 4.69) is 0 Å². The number of amides is 2. The van der Waals surface area contributed by atoms with E-state index >= 15 is 0 Å². The molecule has 190 valence electrons. The molecule has 1 aliphatic carbocycles. The largest absolute Gasteiger partial charge is 0.480 e. The summed E-state index contributed by atoms with van der Waals surface area (Å²) in [4.78, 5) is 39.8. The number of carbonyl (C=O) groups is 3. The second kappa shape index (κ2) is 13.9. The van der Waals surface area contributed by atoms with Crippen LogP contribution in [0.4, 0.5) is 4.79 Å². The zero-order valence-electron chi connectivity index (χ0n) is 20.8. The van der Waals surface area contributed by atoms with Gasteiger partial charge in [-0.25, -0.2) is 9.59 Å². The molecular formula is C26H41N3O5. The van der Waals surface area contributed by atoms with E-state index in [-0.39, 0.29) is 18.4 Å². The summed E-state index contributed by atoms with van der Waals surface area (Å²) in [7, 11) is 1.54. The quantitative estimate of drug-likeness (QED) is 0.616. The summed E-state index contributed by atoms with van der Waals surface area (Å²) in [5.41, 5.74) is 6.49. The molecule has 1 aromatic carbocycles. The molecule has 0 bridgehead atoms. The van der Waals surface area contributed by atoms with Crippen LogP contribution in [0.2, 0.25) is 0 Å². The van der Waals surface area contributed by atoms with E-state index in [0.29, 0.717) is 31.8 Å². The van der Waals surface area contributed by atoms with Gasteiger partial charge in [-0.1, -0.05) is 69.9 Å². The molecule has 8 heteroatoms. The maximum Gasteiger partial charge on any atom is 0.410 e. The number of benzene rings is 1. The highest BCUT2D eigenvalue weighted by Crippen LogP contribution is 2.24. The van der Waals surface area contributed by atoms with E-state index in [0.717, 1.165) is 5.56 Å². The van der Waals surface area contributed by atoms with Crippen LogP contribution in [0.5, 0.6) is 0 Å². The average Bonchev–Trinajstić information content (AvgIpc) is 3.34. The number of aliphatic carboxylic acids is 1. The van der Waals surface area contributed by atoms with Crippen LogP contribution in [0.1, 0.15) is 70.8 Å². The first-order valence-electron chi connectivity index (χ1n) is 12.5. The number of carbonyl (C=O) groups excluding carboxylic acids is 2. The first kappa shape index (κ1) is 27.6. The lowest BCUT2D eigenvalue weighted by Gasteiger charge is -2.35. The number of hydrogen-bond acceptors (Lipinski definition) is 5. The van der Waals surface area contributed by atoms with E-state index in [1.807, 2.05) is 44.2 Å². The Hall–Kier alpha value is -2.61. The van der Waals surface area contributed by atoms with Gasteiger partial charge in [-0.2, -0.15) is 0 Å². The Kier molecular flexibility index (Phi) is 11.3. The number of likely N-dealkylation sites (N-methyl/N-ethyl adjacent to an activating group) is 1. The van der Waals surface area contributed by atoms with Gasteiger partial charge in [0.05, 0.1) is 0 Å². The molecule has 3 atom stereocenters. The van der Waals surface area contributed by atoms with Crippen molar-refractivity contribution in [3.05, 3.63) is 35.9 Å². The minimum atomic E-state index is -1.00. The third-order valence-corrected chi connectivity index (χ3v) is 6.82. The van der Waals surface area contributed by atoms with Gasteiger partial charge >= 0.3 is 12.1 Å². The van der Waals surface area contributed by atoms with Crippen LogP contribution >= 0.6 is 0 Å². The standard InChI is InChI=1S/C20H28N2O5.C6H13N/c1-4-14(2)17(18(23)22-12-8-11-16(22)19(24)25)21(3)20(26)27-13-15-9-6-5-7-10-15;7-6-4-2-1-3-5-6/h5-7,9-10,14,16-17H,4,8,11-13H2,1-3H3,(H,24,25);6H,1-5,7H2/t14-,16-,17+;/m0./s1. The molecule has 1 saturated carbocycles. The predicted molar refractivity (Wildman–Crippen MR) is 131 cm³/mol. The second-order valence-corrected chi connectivity index (χ2v) is 9.41. The van der Waals surface area contributed by atoms with Crippen LogP contribution < -0.4 is 5.73 Å². The van der Waals surface area contributed by atoms with Crippen LogP contribution in [-0.2, 0) is 20.9 Å². The maximum atomic E-state index is 13.1. The minimum absolute atomic E-state index is 0.118. The lowest BCUT2D eigenvalue weighted by atomic mass is 9.96. The number of likely N-dealkylation sites (tertiary alicyclic amines) is 1. The molecular weight excluding hydrogens is 434 g/mol. The molecule has 1 saturated heterocycles. The molecule has 0 aromatic heterocycles. The highest BCUT2D eigenvalue weighted by molar-refractivity contribution is 5.90. The molecule has 2 fully saturated rings. The lowest BCUT2D eigenvalue weighted by molar-refractivity contribution is -0.150. The number of nitrogens with two attached hydrogens (primary N) is 1. The van der Waals surface area contributed by atoms with Crippen molar-refractivity contribution in [2.45, 2.75) is 89.9 Å². The Labute approximate surface area is 203 Å². The number of rotatable bonds is 7. The molecule has 3 N–H and O–H groups in total. The van der Waals surface area contributed by atoms with E-state index in [1.165, 1.54) is 49.0 Å². The molecule has 3 rings (SSSR count). The van der Waals surface area contributed by atoms with Gasteiger partial charge in [0.1, 0.15) is 18.7 Å². The van der Waals surface area contributed by atoms with Crippen LogP contribution in [0.15, 0.2) is 30.3 Å². The van der Waals surface area contributed by atoms with Crippen molar-refractivity contribution in [3.63, 3.8) is 0 Å². The molecule has 2 amide bonds. The maximum absolute atomic E-state index is 13.1. The van der Waals surface area contributed by atoms with Gasteiger partial charge in [0.2, 0.25) is 5.91 Å². The van der Waals surface area contributed by atoms with Gasteiger partial charge in [0, 0.05) is 19.6 Å². The number of nitrogens with zero attached hydrogens (tertiary/aromatic N) is 2. The van der Waals surface area contributed by atoms with Crippen LogP contribution in [-0.4, -0.2) is 64.6 Å². The van der Waals surface area contributed by atoms with Gasteiger partial charge in [-0.15, -0.1) is 0 Å². The zero-order chi connectivity index (χ0) is 25.1. The average molecular weight is 476 g/mol. The molecule has 1 heterocycles. The molecule has 0 unspecified atom stereocenters. The third kappa shape index (κ3) is 8.01. The van der Waals surface area contributed by atoms with Crippen molar-refractivity contribution < 1.29 is 24.2 Å². The molecule has 8 nitrogen and oxygen atoms in total. The fraction of sp³-hybridized carbons (Fsp3) is 0.654. The summed E-state index contributed by atoms with van der Waals surface area (Å²) in [6.07, 6.45) is 7.84. The zero-order valence-corrected chi connectivity index (χ0v) is 20.8. The van der Waals surface area contributed by atoms with Crippen LogP contribution in [0.25, 0.3) is 0 Å². The third-order valence-electron chi connectivity index (χ3n) is 6.82. The number of carboxylic acids is 1. The van der Waals surface area contributed by atoms with Gasteiger partial charge in [-0.05, 0) is 37.2 Å². The first-order chi connectivity index (χ1) is 16.3. The Morgan fingerprint density at radius 2 is 1.76 bits per heavy atom. The van der Waals surface area contributed by atoms with Crippen LogP contribution in [0.3, 0.4) is 0 Å². The van der Waals surface area contributed by atoms with Crippen molar-refractivity contribution in [2.75, 3.05) is 13.6 Å². The summed E-state index contributed by atoms with van der Waals surface area (Å²) in [6.45, 7) is 4.34. The highest BCUT2D eigenvalue weighted by atomic mass is 16.6. The minimum Gasteiger partial charge on any atom is -0.480 e. The SMILES string of the molecule is CC[C@H](C)[C@H](C(=O)N1CCC[C@H]1C(=O)O)N(C)C(=O)OCc1ccccc1.NC1CCCCC1. The van der Waals surface area contributed by atoms with Crippen molar-refractivity contribution in [3.8, 4) is 0 Å². The van der Waals surface area contributed by atoms with E-state index in [1.54, 1.807) is 0 Å². The summed E-state index contributed by atoms with van der Waals surface area (Å²) < 4.78 is 5.35. The molecule has 0 spiro atoms. The molecule has 1 aliphatic heterocycles. The van der Waals surface area contributed by atoms with Crippen LogP contribution in [0, 0.1) is 5.92 Å². The second-order valence-electron chi connectivity index (χ2n) is 9.41. The van der Waals surface area contributed by atoms with Crippen molar-refractivity contribution in [1.29, 1.82) is 0 Å². The molecule has 1 aromatic rings. The monoisotopic (exact) mass is 475 g/mol. The fourth-order valence-corrected chi connectivity index (χ4v) is 4.54. The Morgan fingerprint density at radius 3 is 2.29 bits per heavy atom. The summed E-state index contributed by atoms with van der Waals surface area (Å²) in [6, 6.07) is 8.27. The normalized spacial score (nSPS) is 20.0. The van der Waals surface area contributed by atoms with E-state index < -0.39 is 24.1 Å². The van der Waals surface area contributed by atoms with Gasteiger partial charge in [-0.3, -0.25) is 9.69 Å². The van der Waals surface area contributed by atoms with Gasteiger partial charge < -0.3 is 20.5 Å². The highest BCUT2D eigenvalue weighted by Gasteiger charge is 2.41. The van der Waals surface area contributed by atoms with Gasteiger partial charge in [0.25, 0.3) is 0 Å². The topological polar surface area (TPSA) is 113 Å². The smallest absolute Gasteiger partial charge is 0.410 e. The van der Waals surface area contributed by atoms with Crippen molar-refractivity contribution >= 4 is 18.0 Å².